The summed E-state index contributed by atoms with van der Waals surface area (Å²) in [5.41, 5.74) is 1.09. The molecule has 2 aliphatic carbocycles. The molecule has 0 spiro atoms. The molecule has 2 saturated carbocycles. The van der Waals surface area contributed by atoms with E-state index < -0.39 is 0 Å². The van der Waals surface area contributed by atoms with Gasteiger partial charge in [-0.2, -0.15) is 9.64 Å². The highest BCUT2D eigenvalue weighted by atomic mass is 32.1. The van der Waals surface area contributed by atoms with Gasteiger partial charge in [0.1, 0.15) is 16.6 Å². The van der Waals surface area contributed by atoms with Crippen molar-refractivity contribution >= 4 is 22.4 Å². The van der Waals surface area contributed by atoms with Gasteiger partial charge in [0.05, 0.1) is 11.1 Å². The van der Waals surface area contributed by atoms with Crippen LogP contribution in [0.5, 0.6) is 0 Å². The number of aryl methyl sites for hydroxylation is 1. The van der Waals surface area contributed by atoms with Crippen LogP contribution in [0, 0.1) is 29.6 Å². The summed E-state index contributed by atoms with van der Waals surface area (Å²) < 4.78 is 4.13. The number of amides is 1. The van der Waals surface area contributed by atoms with E-state index in [2.05, 4.69) is 15.8 Å². The summed E-state index contributed by atoms with van der Waals surface area (Å²) in [6.07, 6.45) is 5.62. The van der Waals surface area contributed by atoms with Gasteiger partial charge in [0.15, 0.2) is 0 Å². The maximum Gasteiger partial charge on any atom is 0.231 e. The molecule has 94 valence electrons. The molecule has 2 fully saturated rings. The topological polar surface area (TPSA) is 65.8 Å². The van der Waals surface area contributed by atoms with Crippen LogP contribution in [-0.2, 0) is 4.79 Å². The summed E-state index contributed by atoms with van der Waals surface area (Å²) in [4.78, 5) is 12.4. The lowest BCUT2D eigenvalue weighted by Crippen LogP contribution is -2.34. The molecule has 2 aliphatic rings. The first-order valence-electron chi connectivity index (χ1n) is 6.35. The third-order valence-electron chi connectivity index (χ3n) is 4.33. The molecule has 0 aliphatic heterocycles. The van der Waals surface area contributed by atoms with Crippen molar-refractivity contribution in [3.63, 3.8) is 0 Å². The number of hydrogen-bond acceptors (Lipinski definition) is 4. The molecule has 0 atom stereocenters. The van der Waals surface area contributed by atoms with Crippen molar-refractivity contribution in [2.45, 2.75) is 39.0 Å². The summed E-state index contributed by atoms with van der Waals surface area (Å²) in [5, 5.41) is 12.6. The van der Waals surface area contributed by atoms with E-state index in [0.29, 0.717) is 22.2 Å². The van der Waals surface area contributed by atoms with Gasteiger partial charge in [-0.25, -0.2) is 0 Å². The second kappa shape index (κ2) is 4.06. The van der Waals surface area contributed by atoms with Crippen molar-refractivity contribution in [3.8, 4) is 6.07 Å². The zero-order chi connectivity index (χ0) is 12.8. The van der Waals surface area contributed by atoms with E-state index in [0.717, 1.165) is 12.8 Å². The van der Waals surface area contributed by atoms with Gasteiger partial charge in [-0.15, -0.1) is 0 Å². The lowest BCUT2D eigenvalue weighted by atomic mass is 9.73. The number of nitrogens with one attached hydrogen (secondary N) is 1. The Morgan fingerprint density at radius 2 is 2.28 bits per heavy atom. The lowest BCUT2D eigenvalue weighted by Gasteiger charge is -2.32. The van der Waals surface area contributed by atoms with Gasteiger partial charge in [0, 0.05) is 0 Å². The van der Waals surface area contributed by atoms with Crippen LogP contribution in [0.3, 0.4) is 0 Å². The van der Waals surface area contributed by atoms with Crippen LogP contribution in [0.4, 0.5) is 5.00 Å². The smallest absolute Gasteiger partial charge is 0.231 e. The first-order valence-corrected chi connectivity index (χ1v) is 7.12. The van der Waals surface area contributed by atoms with Crippen LogP contribution in [0.1, 0.15) is 43.4 Å². The predicted molar refractivity (Wildman–Crippen MR) is 69.2 cm³/mol. The number of rotatable bonds is 3. The summed E-state index contributed by atoms with van der Waals surface area (Å²) in [5.74, 6) is 0.671. The van der Waals surface area contributed by atoms with Crippen molar-refractivity contribution in [1.82, 2.24) is 4.37 Å². The number of nitrogens with zero attached hydrogens (tertiary/aromatic N) is 2. The van der Waals surface area contributed by atoms with Crippen molar-refractivity contribution in [1.29, 1.82) is 5.26 Å². The fourth-order valence-electron chi connectivity index (χ4n) is 2.73. The van der Waals surface area contributed by atoms with Crippen LogP contribution in [0.25, 0.3) is 0 Å². The van der Waals surface area contributed by atoms with Gasteiger partial charge in [0.25, 0.3) is 0 Å². The van der Waals surface area contributed by atoms with E-state index in [9.17, 15) is 4.79 Å². The van der Waals surface area contributed by atoms with Crippen LogP contribution in [0.2, 0.25) is 0 Å². The van der Waals surface area contributed by atoms with Crippen LogP contribution in [0.15, 0.2) is 0 Å². The normalized spacial score (nSPS) is 20.9. The van der Waals surface area contributed by atoms with Gasteiger partial charge < -0.3 is 5.32 Å². The fourth-order valence-corrected chi connectivity index (χ4v) is 3.47. The first kappa shape index (κ1) is 11.7. The van der Waals surface area contributed by atoms with E-state index in [-0.39, 0.29) is 11.3 Å². The van der Waals surface area contributed by atoms with Crippen LogP contribution < -0.4 is 5.32 Å². The van der Waals surface area contributed by atoms with Crippen molar-refractivity contribution < 1.29 is 4.79 Å². The van der Waals surface area contributed by atoms with Crippen molar-refractivity contribution in [3.05, 3.63) is 11.3 Å². The number of anilines is 1. The van der Waals surface area contributed by atoms with Crippen LogP contribution >= 0.6 is 11.5 Å². The molecule has 1 aromatic heterocycles. The molecule has 3 rings (SSSR count). The molecule has 0 radical (unpaired) electrons. The molecule has 1 aromatic rings. The van der Waals surface area contributed by atoms with Gasteiger partial charge in [-0.05, 0) is 50.1 Å². The van der Waals surface area contributed by atoms with Gasteiger partial charge >= 0.3 is 0 Å². The van der Waals surface area contributed by atoms with E-state index >= 15 is 0 Å². The third kappa shape index (κ3) is 1.64. The Morgan fingerprint density at radius 1 is 1.56 bits per heavy atom. The molecule has 0 saturated heterocycles. The maximum atomic E-state index is 12.4. The zero-order valence-electron chi connectivity index (χ0n) is 10.3. The van der Waals surface area contributed by atoms with E-state index in [4.69, 9.17) is 5.26 Å². The standard InChI is InChI=1S/C13H15N3OS/c1-8-10(7-14)11(18-16-8)15-12(17)13(5-6-13)9-3-2-4-9/h9H,2-6H2,1H3,(H,15,17). The summed E-state index contributed by atoms with van der Waals surface area (Å²) in [7, 11) is 0. The zero-order valence-corrected chi connectivity index (χ0v) is 11.1. The minimum absolute atomic E-state index is 0.104. The van der Waals surface area contributed by atoms with E-state index in [1.54, 1.807) is 6.92 Å². The van der Waals surface area contributed by atoms with Gasteiger partial charge in [-0.1, -0.05) is 6.42 Å². The van der Waals surface area contributed by atoms with E-state index in [1.165, 1.54) is 30.8 Å². The van der Waals surface area contributed by atoms with Crippen molar-refractivity contribution in [2.24, 2.45) is 11.3 Å². The molecule has 5 heteroatoms. The minimum Gasteiger partial charge on any atom is -0.315 e. The Bertz CT molecular complexity index is 535. The Labute approximate surface area is 110 Å². The maximum absolute atomic E-state index is 12.4. The molecule has 0 unspecified atom stereocenters. The van der Waals surface area contributed by atoms with Crippen molar-refractivity contribution in [2.75, 3.05) is 5.32 Å². The second-order valence-corrected chi connectivity index (χ2v) is 6.10. The number of hydrogen-bond donors (Lipinski definition) is 1. The Kier molecular flexibility index (Phi) is 2.63. The molecule has 1 amide bonds. The molecule has 1 N–H and O–H groups in total. The Balaban J connectivity index is 1.77. The highest BCUT2D eigenvalue weighted by Gasteiger charge is 2.56. The van der Waals surface area contributed by atoms with E-state index in [1.807, 2.05) is 0 Å². The number of nitriles is 1. The highest BCUT2D eigenvalue weighted by Crippen LogP contribution is 2.59. The molecule has 18 heavy (non-hydrogen) atoms. The summed E-state index contributed by atoms with van der Waals surface area (Å²) >= 11 is 1.21. The first-order chi connectivity index (χ1) is 8.67. The minimum atomic E-state index is -0.122. The SMILES string of the molecule is Cc1nsc(NC(=O)C2(C3CCC3)CC2)c1C#N. The fraction of sp³-hybridized carbons (Fsp3) is 0.615. The quantitative estimate of drug-likeness (QED) is 0.909. The molecule has 1 heterocycles. The number of carbonyl (C=O) groups excluding carboxylic acids is 1. The molecule has 4 nitrogen and oxygen atoms in total. The van der Waals surface area contributed by atoms with Gasteiger partial charge in [0.2, 0.25) is 5.91 Å². The molecule has 0 aromatic carbocycles. The molecular weight excluding hydrogens is 246 g/mol. The Morgan fingerprint density at radius 3 is 2.78 bits per heavy atom. The average Bonchev–Trinajstić information content (AvgIpc) is 2.98. The van der Waals surface area contributed by atoms with Crippen LogP contribution in [-0.4, -0.2) is 10.3 Å². The second-order valence-electron chi connectivity index (χ2n) is 5.32. The number of carbonyl (C=O) groups is 1. The summed E-state index contributed by atoms with van der Waals surface area (Å²) in [6.45, 7) is 1.80. The largest absolute Gasteiger partial charge is 0.315 e. The van der Waals surface area contributed by atoms with Gasteiger partial charge in [-0.3, -0.25) is 4.79 Å². The Hall–Kier alpha value is -1.41. The predicted octanol–water partition coefficient (Wildman–Crippen LogP) is 2.84. The summed E-state index contributed by atoms with van der Waals surface area (Å²) in [6, 6.07) is 2.11. The lowest BCUT2D eigenvalue weighted by molar-refractivity contribution is -0.124. The average molecular weight is 261 g/mol. The molecular formula is C13H15N3OS. The molecule has 0 bridgehead atoms. The monoisotopic (exact) mass is 261 g/mol. The third-order valence-corrected chi connectivity index (χ3v) is 5.18. The number of aromatic nitrogens is 1. The highest BCUT2D eigenvalue weighted by molar-refractivity contribution is 7.10.